The van der Waals surface area contributed by atoms with Crippen molar-refractivity contribution in [3.8, 4) is 0 Å². The molecular formula is C17H14N2O3S. The molecule has 116 valence electrons. The molecule has 3 aromatic rings. The van der Waals surface area contributed by atoms with Crippen LogP contribution in [0.15, 0.2) is 50.2 Å². The predicted molar refractivity (Wildman–Crippen MR) is 91.3 cm³/mol. The van der Waals surface area contributed by atoms with Crippen molar-refractivity contribution in [1.82, 2.24) is 5.43 Å². The summed E-state index contributed by atoms with van der Waals surface area (Å²) in [5.41, 5.74) is 4.55. The maximum atomic E-state index is 12.4. The molecule has 0 saturated carbocycles. The number of carbonyl (C=O) groups is 1. The number of hydrogen-bond acceptors (Lipinski definition) is 5. The predicted octanol–water partition coefficient (Wildman–Crippen LogP) is 3.24. The Morgan fingerprint density at radius 2 is 2.13 bits per heavy atom. The number of nitrogens with zero attached hydrogens (tertiary/aromatic N) is 1. The number of amides is 1. The molecule has 3 rings (SSSR count). The van der Waals surface area contributed by atoms with Crippen molar-refractivity contribution in [2.75, 3.05) is 0 Å². The molecule has 1 aromatic carbocycles. The Morgan fingerprint density at radius 1 is 1.30 bits per heavy atom. The van der Waals surface area contributed by atoms with E-state index in [4.69, 9.17) is 4.42 Å². The molecule has 0 aliphatic heterocycles. The summed E-state index contributed by atoms with van der Waals surface area (Å²) in [7, 11) is 0. The Morgan fingerprint density at radius 3 is 2.87 bits per heavy atom. The minimum atomic E-state index is -0.313. The molecule has 5 nitrogen and oxygen atoms in total. The average Bonchev–Trinajstić information content (AvgIpc) is 2.96. The van der Waals surface area contributed by atoms with Gasteiger partial charge in [0.15, 0.2) is 0 Å². The van der Waals surface area contributed by atoms with E-state index in [1.54, 1.807) is 23.6 Å². The summed E-state index contributed by atoms with van der Waals surface area (Å²) in [6, 6.07) is 7.18. The summed E-state index contributed by atoms with van der Waals surface area (Å²) in [4.78, 5) is 25.3. The fraction of sp³-hybridized carbons (Fsp3) is 0.118. The summed E-state index contributed by atoms with van der Waals surface area (Å²) in [6.07, 6.45) is 2.63. The van der Waals surface area contributed by atoms with Gasteiger partial charge >= 0.3 is 0 Å². The maximum absolute atomic E-state index is 12.4. The number of carbonyl (C=O) groups excluding carboxylic acids is 1. The second kappa shape index (κ2) is 6.18. The summed E-state index contributed by atoms with van der Waals surface area (Å²) in [5.74, 6) is -0.313. The number of fused-ring (bicyclic) bond motifs is 1. The molecule has 0 fully saturated rings. The third-order valence-corrected chi connectivity index (χ3v) is 4.18. The molecule has 0 spiro atoms. The van der Waals surface area contributed by atoms with E-state index in [0.29, 0.717) is 16.5 Å². The first-order valence-electron chi connectivity index (χ1n) is 6.95. The highest BCUT2D eigenvalue weighted by atomic mass is 32.1. The Balaban J connectivity index is 1.82. The van der Waals surface area contributed by atoms with Crippen LogP contribution in [0, 0.1) is 13.8 Å². The molecule has 0 atom stereocenters. The van der Waals surface area contributed by atoms with Gasteiger partial charge in [-0.25, -0.2) is 5.43 Å². The lowest BCUT2D eigenvalue weighted by Crippen LogP contribution is -2.18. The van der Waals surface area contributed by atoms with Gasteiger partial charge in [-0.2, -0.15) is 5.10 Å². The zero-order valence-electron chi connectivity index (χ0n) is 12.6. The number of hydrazone groups is 1. The van der Waals surface area contributed by atoms with E-state index in [9.17, 15) is 9.59 Å². The molecule has 1 N–H and O–H groups in total. The van der Waals surface area contributed by atoms with Crippen LogP contribution in [0.1, 0.15) is 26.4 Å². The van der Waals surface area contributed by atoms with Crippen molar-refractivity contribution in [3.05, 3.63) is 67.7 Å². The van der Waals surface area contributed by atoms with E-state index in [1.165, 1.54) is 23.8 Å². The number of thiophene rings is 1. The monoisotopic (exact) mass is 326 g/mol. The van der Waals surface area contributed by atoms with Crippen molar-refractivity contribution in [2.45, 2.75) is 13.8 Å². The Hall–Kier alpha value is -2.73. The third-order valence-electron chi connectivity index (χ3n) is 3.32. The van der Waals surface area contributed by atoms with Gasteiger partial charge in [-0.15, -0.1) is 11.3 Å². The first-order valence-corrected chi connectivity index (χ1v) is 7.83. The third kappa shape index (κ3) is 3.22. The number of rotatable bonds is 3. The topological polar surface area (TPSA) is 71.7 Å². The van der Waals surface area contributed by atoms with E-state index >= 15 is 0 Å². The Kier molecular flexibility index (Phi) is 4.08. The molecule has 0 bridgehead atoms. The van der Waals surface area contributed by atoms with Crippen LogP contribution in [-0.2, 0) is 0 Å². The zero-order chi connectivity index (χ0) is 16.4. The highest BCUT2D eigenvalue weighted by Gasteiger charge is 2.07. The summed E-state index contributed by atoms with van der Waals surface area (Å²) in [5, 5.41) is 6.09. The van der Waals surface area contributed by atoms with Crippen molar-refractivity contribution in [3.63, 3.8) is 0 Å². The molecule has 6 heteroatoms. The lowest BCUT2D eigenvalue weighted by atomic mass is 10.1. The second-order valence-electron chi connectivity index (χ2n) is 5.16. The van der Waals surface area contributed by atoms with E-state index in [2.05, 4.69) is 10.5 Å². The molecule has 2 aromatic heterocycles. The highest BCUT2D eigenvalue weighted by molar-refractivity contribution is 7.10. The van der Waals surface area contributed by atoms with Crippen molar-refractivity contribution in [2.24, 2.45) is 5.10 Å². The fourth-order valence-corrected chi connectivity index (χ4v) is 2.82. The van der Waals surface area contributed by atoms with Gasteiger partial charge in [0.1, 0.15) is 11.8 Å². The van der Waals surface area contributed by atoms with Crippen LogP contribution in [0.4, 0.5) is 0 Å². The number of nitrogens with one attached hydrogen (secondary N) is 1. The molecular weight excluding hydrogens is 312 g/mol. The molecule has 0 radical (unpaired) electrons. The molecule has 0 saturated heterocycles. The van der Waals surface area contributed by atoms with Crippen molar-refractivity contribution >= 4 is 34.4 Å². The largest absolute Gasteiger partial charge is 0.463 e. The SMILES string of the molecule is Cc1ccc2occ(C=NNC(=O)c3csc(C)c3)c(=O)c2c1. The first-order chi connectivity index (χ1) is 11.0. The molecule has 0 unspecified atom stereocenters. The number of benzene rings is 1. The minimum Gasteiger partial charge on any atom is -0.463 e. The van der Waals surface area contributed by atoms with Gasteiger partial charge in [0.2, 0.25) is 5.43 Å². The van der Waals surface area contributed by atoms with Crippen LogP contribution < -0.4 is 10.9 Å². The van der Waals surface area contributed by atoms with E-state index in [0.717, 1.165) is 10.4 Å². The van der Waals surface area contributed by atoms with Crippen LogP contribution in [0.25, 0.3) is 11.0 Å². The molecule has 1 amide bonds. The smallest absolute Gasteiger partial charge is 0.272 e. The van der Waals surface area contributed by atoms with Gasteiger partial charge in [0, 0.05) is 10.3 Å². The normalized spacial score (nSPS) is 11.2. The zero-order valence-corrected chi connectivity index (χ0v) is 13.4. The van der Waals surface area contributed by atoms with Gasteiger partial charge < -0.3 is 4.42 Å². The quantitative estimate of drug-likeness (QED) is 0.593. The van der Waals surface area contributed by atoms with Crippen LogP contribution in [-0.4, -0.2) is 12.1 Å². The van der Waals surface area contributed by atoms with Gasteiger partial charge in [0.05, 0.1) is 22.7 Å². The first kappa shape index (κ1) is 15.2. The number of aryl methyl sites for hydroxylation is 2. The average molecular weight is 326 g/mol. The van der Waals surface area contributed by atoms with Gasteiger partial charge in [-0.05, 0) is 32.0 Å². The van der Waals surface area contributed by atoms with E-state index < -0.39 is 0 Å². The fourth-order valence-electron chi connectivity index (χ4n) is 2.14. The second-order valence-corrected chi connectivity index (χ2v) is 6.28. The molecule has 2 heterocycles. The minimum absolute atomic E-state index is 0.181. The lowest BCUT2D eigenvalue weighted by molar-refractivity contribution is 0.0955. The Bertz CT molecular complexity index is 969. The van der Waals surface area contributed by atoms with Crippen LogP contribution in [0.5, 0.6) is 0 Å². The van der Waals surface area contributed by atoms with Crippen LogP contribution in [0.2, 0.25) is 0 Å². The van der Waals surface area contributed by atoms with Crippen LogP contribution >= 0.6 is 11.3 Å². The maximum Gasteiger partial charge on any atom is 0.272 e. The standard InChI is InChI=1S/C17H14N2O3S/c1-10-3-4-15-14(5-10)16(20)13(8-22-15)7-18-19-17(21)12-6-11(2)23-9-12/h3-9H,1-2H3,(H,19,21). The van der Waals surface area contributed by atoms with Crippen molar-refractivity contribution in [1.29, 1.82) is 0 Å². The molecule has 0 aliphatic carbocycles. The van der Waals surface area contributed by atoms with E-state index in [1.807, 2.05) is 19.9 Å². The van der Waals surface area contributed by atoms with Gasteiger partial charge in [-0.1, -0.05) is 11.6 Å². The van der Waals surface area contributed by atoms with Gasteiger partial charge in [-0.3, -0.25) is 9.59 Å². The molecule has 23 heavy (non-hydrogen) atoms. The summed E-state index contributed by atoms with van der Waals surface area (Å²) < 4.78 is 5.42. The van der Waals surface area contributed by atoms with Gasteiger partial charge in [0.25, 0.3) is 5.91 Å². The lowest BCUT2D eigenvalue weighted by Gasteiger charge is -2.00. The summed E-state index contributed by atoms with van der Waals surface area (Å²) >= 11 is 1.49. The Labute approximate surface area is 136 Å². The van der Waals surface area contributed by atoms with Crippen molar-refractivity contribution < 1.29 is 9.21 Å². The summed E-state index contributed by atoms with van der Waals surface area (Å²) in [6.45, 7) is 3.83. The van der Waals surface area contributed by atoms with E-state index in [-0.39, 0.29) is 16.9 Å². The number of hydrogen-bond donors (Lipinski definition) is 1. The highest BCUT2D eigenvalue weighted by Crippen LogP contribution is 2.13. The molecule has 0 aliphatic rings. The van der Waals surface area contributed by atoms with Crippen LogP contribution in [0.3, 0.4) is 0 Å².